The Kier molecular flexibility index (Phi) is 3.81. The molecule has 8 nitrogen and oxygen atoms in total. The molecule has 0 unspecified atom stereocenters. The van der Waals surface area contributed by atoms with E-state index < -0.39 is 0 Å². The topological polar surface area (TPSA) is 112 Å². The Morgan fingerprint density at radius 1 is 1.37 bits per heavy atom. The summed E-state index contributed by atoms with van der Waals surface area (Å²) in [4.78, 5) is 21.3. The highest BCUT2D eigenvalue weighted by Gasteiger charge is 2.35. The van der Waals surface area contributed by atoms with E-state index in [0.717, 1.165) is 70.6 Å². The molecule has 1 saturated carbocycles. The quantitative estimate of drug-likeness (QED) is 0.533. The van der Waals surface area contributed by atoms with Crippen LogP contribution in [0.1, 0.15) is 24.8 Å². The number of aromatic nitrogens is 5. The number of imidazole rings is 1. The number of nitrogens with zero attached hydrogens (tertiary/aromatic N) is 4. The summed E-state index contributed by atoms with van der Waals surface area (Å²) in [5, 5.41) is 8.01. The van der Waals surface area contributed by atoms with Crippen molar-refractivity contribution in [2.45, 2.75) is 32.2 Å². The summed E-state index contributed by atoms with van der Waals surface area (Å²) < 4.78 is 8.32. The number of primary amides is 1. The van der Waals surface area contributed by atoms with Gasteiger partial charge in [-0.1, -0.05) is 0 Å². The van der Waals surface area contributed by atoms with Crippen LogP contribution in [-0.2, 0) is 17.8 Å². The number of nitrogens with one attached hydrogen (secondary N) is 1. The zero-order valence-corrected chi connectivity index (χ0v) is 16.5. The fraction of sp³-hybridized carbons (Fsp3) is 0.364. The van der Waals surface area contributed by atoms with Crippen LogP contribution in [0.25, 0.3) is 33.5 Å². The van der Waals surface area contributed by atoms with Crippen molar-refractivity contribution < 1.29 is 9.53 Å². The van der Waals surface area contributed by atoms with E-state index in [9.17, 15) is 4.79 Å². The molecule has 0 saturated heterocycles. The largest absolute Gasteiger partial charge is 0.491 e. The number of hydrogen-bond acceptors (Lipinski definition) is 5. The average Bonchev–Trinajstić information content (AvgIpc) is 3.40. The molecule has 4 aromatic rings. The first-order chi connectivity index (χ1) is 14.7. The van der Waals surface area contributed by atoms with Gasteiger partial charge in [0.2, 0.25) is 5.91 Å². The molecule has 0 radical (unpaired) electrons. The third kappa shape index (κ3) is 2.74. The summed E-state index contributed by atoms with van der Waals surface area (Å²) in [5.74, 6) is 1.80. The minimum absolute atomic E-state index is 0.118. The van der Waals surface area contributed by atoms with E-state index in [-0.39, 0.29) is 11.8 Å². The molecule has 4 heterocycles. The zero-order chi connectivity index (χ0) is 20.2. The van der Waals surface area contributed by atoms with Crippen molar-refractivity contribution in [3.8, 4) is 17.1 Å². The third-order valence-corrected chi connectivity index (χ3v) is 6.26. The van der Waals surface area contributed by atoms with E-state index in [1.54, 1.807) is 12.4 Å². The molecule has 30 heavy (non-hydrogen) atoms. The summed E-state index contributed by atoms with van der Waals surface area (Å²) in [7, 11) is 0. The molecule has 1 fully saturated rings. The highest BCUT2D eigenvalue weighted by molar-refractivity contribution is 5.94. The molecule has 1 aliphatic heterocycles. The summed E-state index contributed by atoms with van der Waals surface area (Å²) in [5.41, 5.74) is 10.4. The number of fused-ring (bicyclic) bond motifs is 1. The predicted molar refractivity (Wildman–Crippen MR) is 112 cm³/mol. The maximum atomic E-state index is 12.0. The zero-order valence-electron chi connectivity index (χ0n) is 16.5. The molecule has 2 aliphatic rings. The lowest BCUT2D eigenvalue weighted by molar-refractivity contribution is -0.122. The van der Waals surface area contributed by atoms with Crippen LogP contribution in [0.15, 0.2) is 30.6 Å². The van der Waals surface area contributed by atoms with Gasteiger partial charge in [0, 0.05) is 29.6 Å². The number of rotatable bonds is 5. The van der Waals surface area contributed by atoms with Crippen molar-refractivity contribution in [3.05, 3.63) is 36.2 Å². The predicted octanol–water partition coefficient (Wildman–Crippen LogP) is 2.81. The average molecular weight is 402 g/mol. The lowest BCUT2D eigenvalue weighted by atomic mass is 9.94. The van der Waals surface area contributed by atoms with E-state index in [1.165, 1.54) is 0 Å². The first kappa shape index (κ1) is 17.4. The number of aryl methyl sites for hydroxylation is 1. The Morgan fingerprint density at radius 3 is 3.10 bits per heavy atom. The van der Waals surface area contributed by atoms with Crippen molar-refractivity contribution in [2.24, 2.45) is 17.6 Å². The van der Waals surface area contributed by atoms with Gasteiger partial charge < -0.3 is 15.0 Å². The number of nitrogens with two attached hydrogens (primary N) is 1. The number of aromatic amines is 1. The van der Waals surface area contributed by atoms with E-state index in [1.807, 2.05) is 6.07 Å². The van der Waals surface area contributed by atoms with Gasteiger partial charge in [-0.3, -0.25) is 9.89 Å². The van der Waals surface area contributed by atoms with Crippen LogP contribution in [0.5, 0.6) is 5.75 Å². The molecule has 0 spiro atoms. The van der Waals surface area contributed by atoms with Crippen LogP contribution < -0.4 is 10.5 Å². The van der Waals surface area contributed by atoms with E-state index in [4.69, 9.17) is 15.5 Å². The summed E-state index contributed by atoms with van der Waals surface area (Å²) in [6.45, 7) is 1.48. The SMILES string of the molecule is NC(=O)[C@@H](Cc1cc2c3c(c1)nc(-c1ccnc4[nH]ncc14)n3CCCO2)C1CC1. The number of benzene rings is 1. The minimum Gasteiger partial charge on any atom is -0.491 e. The molecule has 0 bridgehead atoms. The van der Waals surface area contributed by atoms with Crippen molar-refractivity contribution in [1.29, 1.82) is 0 Å². The Balaban J connectivity index is 1.51. The van der Waals surface area contributed by atoms with Gasteiger partial charge in [-0.25, -0.2) is 9.97 Å². The number of H-pyrrole nitrogens is 1. The van der Waals surface area contributed by atoms with Gasteiger partial charge in [0.1, 0.15) is 17.1 Å². The number of pyridine rings is 1. The van der Waals surface area contributed by atoms with E-state index in [0.29, 0.717) is 18.9 Å². The molecule has 3 aromatic heterocycles. The molecule has 1 amide bonds. The molecule has 1 atom stereocenters. The maximum absolute atomic E-state index is 12.0. The lowest BCUT2D eigenvalue weighted by Gasteiger charge is -2.13. The molecular weight excluding hydrogens is 380 g/mol. The smallest absolute Gasteiger partial charge is 0.221 e. The van der Waals surface area contributed by atoms with Crippen molar-refractivity contribution in [3.63, 3.8) is 0 Å². The molecular formula is C22H22N6O2. The number of carbonyl (C=O) groups excluding carboxylic acids is 1. The monoisotopic (exact) mass is 402 g/mol. The second kappa shape index (κ2) is 6.55. The minimum atomic E-state index is -0.213. The summed E-state index contributed by atoms with van der Waals surface area (Å²) in [6, 6.07) is 6.12. The number of hydrogen-bond donors (Lipinski definition) is 2. The first-order valence-electron chi connectivity index (χ1n) is 10.4. The Hall–Kier alpha value is -3.42. The van der Waals surface area contributed by atoms with Crippen LogP contribution in [-0.4, -0.2) is 37.2 Å². The summed E-state index contributed by atoms with van der Waals surface area (Å²) in [6.07, 6.45) is 7.26. The van der Waals surface area contributed by atoms with E-state index >= 15 is 0 Å². The fourth-order valence-corrected chi connectivity index (χ4v) is 4.64. The lowest BCUT2D eigenvalue weighted by Crippen LogP contribution is -2.26. The molecule has 1 aromatic carbocycles. The molecule has 8 heteroatoms. The highest BCUT2D eigenvalue weighted by Crippen LogP contribution is 2.40. The standard InChI is InChI=1S/C22H22N6O2/c23-20(29)15(13-2-3-13)8-12-9-17-19-18(10-12)30-7-1-6-28(19)22(26-17)14-4-5-24-21-16(14)11-25-27-21/h4-5,9-11,13,15H,1-3,6-8H2,(H2,23,29)(H,24,25,27)/t15-/m0/s1. The Morgan fingerprint density at radius 2 is 2.27 bits per heavy atom. The van der Waals surface area contributed by atoms with Gasteiger partial charge in [-0.15, -0.1) is 0 Å². The van der Waals surface area contributed by atoms with Crippen LogP contribution in [0.2, 0.25) is 0 Å². The maximum Gasteiger partial charge on any atom is 0.221 e. The second-order valence-electron chi connectivity index (χ2n) is 8.29. The normalized spacial score (nSPS) is 17.1. The third-order valence-electron chi connectivity index (χ3n) is 6.26. The van der Waals surface area contributed by atoms with E-state index in [2.05, 4.69) is 31.9 Å². The fourth-order valence-electron chi connectivity index (χ4n) is 4.64. The number of amides is 1. The van der Waals surface area contributed by atoms with Crippen LogP contribution in [0.4, 0.5) is 0 Å². The Bertz CT molecular complexity index is 1290. The van der Waals surface area contributed by atoms with Gasteiger partial charge in [0.15, 0.2) is 5.65 Å². The molecule has 1 aliphatic carbocycles. The van der Waals surface area contributed by atoms with Gasteiger partial charge in [0.05, 0.1) is 18.3 Å². The first-order valence-corrected chi connectivity index (χ1v) is 10.4. The van der Waals surface area contributed by atoms with Crippen molar-refractivity contribution in [1.82, 2.24) is 24.7 Å². The van der Waals surface area contributed by atoms with Crippen molar-refractivity contribution >= 4 is 28.0 Å². The molecule has 152 valence electrons. The second-order valence-corrected chi connectivity index (χ2v) is 8.29. The van der Waals surface area contributed by atoms with Gasteiger partial charge >= 0.3 is 0 Å². The van der Waals surface area contributed by atoms with Crippen LogP contribution in [0.3, 0.4) is 0 Å². The number of carbonyl (C=O) groups is 1. The van der Waals surface area contributed by atoms with Gasteiger partial charge in [-0.2, -0.15) is 5.10 Å². The molecule has 6 rings (SSSR count). The summed E-state index contributed by atoms with van der Waals surface area (Å²) >= 11 is 0. The van der Waals surface area contributed by atoms with Crippen LogP contribution in [0, 0.1) is 11.8 Å². The van der Waals surface area contributed by atoms with Crippen molar-refractivity contribution in [2.75, 3.05) is 6.61 Å². The molecule has 3 N–H and O–H groups in total. The Labute approximate surface area is 172 Å². The van der Waals surface area contributed by atoms with Crippen LogP contribution >= 0.6 is 0 Å². The van der Waals surface area contributed by atoms with Gasteiger partial charge in [0.25, 0.3) is 0 Å². The van der Waals surface area contributed by atoms with Gasteiger partial charge in [-0.05, 0) is 55.4 Å². The highest BCUT2D eigenvalue weighted by atomic mass is 16.5. The number of ether oxygens (including phenoxy) is 1.